The van der Waals surface area contributed by atoms with Crippen molar-refractivity contribution in [2.45, 2.75) is 26.2 Å². The topological polar surface area (TPSA) is 72.2 Å². The largest absolute Gasteiger partial charge is 0.322 e. The lowest BCUT2D eigenvalue weighted by Gasteiger charge is -2.15. The first-order valence-electron chi connectivity index (χ1n) is 7.17. The highest BCUT2D eigenvalue weighted by Crippen LogP contribution is 2.27. The Balaban J connectivity index is 2.26. The Morgan fingerprint density at radius 2 is 1.95 bits per heavy atom. The molecule has 5 nitrogen and oxygen atoms in total. The number of rotatable bonds is 5. The molecule has 114 valence electrons. The van der Waals surface area contributed by atoms with Gasteiger partial charge in [0.25, 0.3) is 11.6 Å². The van der Waals surface area contributed by atoms with E-state index < -0.39 is 4.92 Å². The van der Waals surface area contributed by atoms with E-state index in [0.29, 0.717) is 5.92 Å². The molecule has 0 aliphatic rings. The summed E-state index contributed by atoms with van der Waals surface area (Å²) in [7, 11) is 0. The SMILES string of the molecule is CCC(C)c1ccccc1NC(=O)c1cccc([N+](=O)[O-])c1. The van der Waals surface area contributed by atoms with Crippen LogP contribution in [0.5, 0.6) is 0 Å². The Kier molecular flexibility index (Phi) is 4.88. The molecule has 0 bridgehead atoms. The zero-order valence-electron chi connectivity index (χ0n) is 12.6. The lowest BCUT2D eigenvalue weighted by atomic mass is 9.97. The number of carbonyl (C=O) groups is 1. The molecule has 0 heterocycles. The van der Waals surface area contributed by atoms with Crippen molar-refractivity contribution < 1.29 is 9.72 Å². The molecule has 22 heavy (non-hydrogen) atoms. The maximum absolute atomic E-state index is 12.3. The molecule has 0 aliphatic carbocycles. The van der Waals surface area contributed by atoms with Gasteiger partial charge in [0, 0.05) is 23.4 Å². The van der Waals surface area contributed by atoms with Gasteiger partial charge in [-0.3, -0.25) is 14.9 Å². The molecule has 1 unspecified atom stereocenters. The molecule has 5 heteroatoms. The fraction of sp³-hybridized carbons (Fsp3) is 0.235. The van der Waals surface area contributed by atoms with Crippen LogP contribution in [0.15, 0.2) is 48.5 Å². The highest BCUT2D eigenvalue weighted by Gasteiger charge is 2.14. The van der Waals surface area contributed by atoms with Crippen molar-refractivity contribution in [3.8, 4) is 0 Å². The van der Waals surface area contributed by atoms with E-state index in [9.17, 15) is 14.9 Å². The number of anilines is 1. The van der Waals surface area contributed by atoms with Crippen molar-refractivity contribution in [2.75, 3.05) is 5.32 Å². The molecule has 1 atom stereocenters. The van der Waals surface area contributed by atoms with E-state index in [1.807, 2.05) is 24.3 Å². The highest BCUT2D eigenvalue weighted by atomic mass is 16.6. The van der Waals surface area contributed by atoms with Gasteiger partial charge in [-0.15, -0.1) is 0 Å². The van der Waals surface area contributed by atoms with Gasteiger partial charge in [0.1, 0.15) is 0 Å². The Bertz CT molecular complexity index is 698. The number of nitrogens with zero attached hydrogens (tertiary/aromatic N) is 1. The van der Waals surface area contributed by atoms with Crippen LogP contribution in [0.2, 0.25) is 0 Å². The number of carbonyl (C=O) groups excluding carboxylic acids is 1. The first-order valence-corrected chi connectivity index (χ1v) is 7.17. The first-order chi connectivity index (χ1) is 10.5. The third kappa shape index (κ3) is 3.49. The van der Waals surface area contributed by atoms with Gasteiger partial charge < -0.3 is 5.32 Å². The number of para-hydroxylation sites is 1. The number of benzene rings is 2. The molecular weight excluding hydrogens is 280 g/mol. The van der Waals surface area contributed by atoms with Gasteiger partial charge >= 0.3 is 0 Å². The van der Waals surface area contributed by atoms with E-state index in [1.54, 1.807) is 6.07 Å². The highest BCUT2D eigenvalue weighted by molar-refractivity contribution is 6.05. The van der Waals surface area contributed by atoms with Crippen molar-refractivity contribution in [1.82, 2.24) is 0 Å². The number of hydrogen-bond donors (Lipinski definition) is 1. The van der Waals surface area contributed by atoms with Crippen molar-refractivity contribution in [1.29, 1.82) is 0 Å². The molecule has 0 radical (unpaired) electrons. The average molecular weight is 298 g/mol. The van der Waals surface area contributed by atoms with Gasteiger partial charge in [-0.25, -0.2) is 0 Å². The summed E-state index contributed by atoms with van der Waals surface area (Å²) in [6.07, 6.45) is 0.962. The third-order valence-corrected chi connectivity index (χ3v) is 3.67. The van der Waals surface area contributed by atoms with Crippen molar-refractivity contribution in [3.63, 3.8) is 0 Å². The molecule has 2 aromatic rings. The molecule has 0 aromatic heterocycles. The Labute approximate surface area is 129 Å². The number of nitro groups is 1. The number of nitrogens with one attached hydrogen (secondary N) is 1. The van der Waals surface area contributed by atoms with E-state index in [0.717, 1.165) is 17.7 Å². The summed E-state index contributed by atoms with van der Waals surface area (Å²) in [6.45, 7) is 4.18. The predicted molar refractivity (Wildman–Crippen MR) is 86.2 cm³/mol. The van der Waals surface area contributed by atoms with Crippen LogP contribution in [0.4, 0.5) is 11.4 Å². The summed E-state index contributed by atoms with van der Waals surface area (Å²) in [6, 6.07) is 13.3. The Hall–Kier alpha value is -2.69. The van der Waals surface area contributed by atoms with Gasteiger partial charge in [-0.05, 0) is 30.0 Å². The normalized spacial score (nSPS) is 11.7. The van der Waals surface area contributed by atoms with Crippen LogP contribution in [0.25, 0.3) is 0 Å². The number of non-ortho nitro benzene ring substituents is 1. The van der Waals surface area contributed by atoms with Crippen molar-refractivity contribution >= 4 is 17.3 Å². The van der Waals surface area contributed by atoms with Crippen LogP contribution >= 0.6 is 0 Å². The van der Waals surface area contributed by atoms with Gasteiger partial charge in [0.2, 0.25) is 0 Å². The molecule has 0 fully saturated rings. The molecule has 2 rings (SSSR count). The molecule has 0 aliphatic heterocycles. The second-order valence-corrected chi connectivity index (χ2v) is 5.16. The second-order valence-electron chi connectivity index (χ2n) is 5.16. The van der Waals surface area contributed by atoms with Gasteiger partial charge in [0.15, 0.2) is 0 Å². The van der Waals surface area contributed by atoms with E-state index in [-0.39, 0.29) is 17.2 Å². The number of amides is 1. The number of nitro benzene ring substituents is 1. The monoisotopic (exact) mass is 298 g/mol. The fourth-order valence-electron chi connectivity index (χ4n) is 2.22. The van der Waals surface area contributed by atoms with Crippen LogP contribution < -0.4 is 5.32 Å². The average Bonchev–Trinajstić information content (AvgIpc) is 2.54. The predicted octanol–water partition coefficient (Wildman–Crippen LogP) is 4.36. The first kappa shape index (κ1) is 15.7. The van der Waals surface area contributed by atoms with Gasteiger partial charge in [-0.1, -0.05) is 38.1 Å². The molecule has 2 aromatic carbocycles. The summed E-state index contributed by atoms with van der Waals surface area (Å²) in [5.74, 6) is -0.0268. The summed E-state index contributed by atoms with van der Waals surface area (Å²) < 4.78 is 0. The van der Waals surface area contributed by atoms with Crippen molar-refractivity contribution in [3.05, 3.63) is 69.8 Å². The van der Waals surface area contributed by atoms with Gasteiger partial charge in [-0.2, -0.15) is 0 Å². The summed E-state index contributed by atoms with van der Waals surface area (Å²) in [5.41, 5.74) is 1.98. The maximum atomic E-state index is 12.3. The second kappa shape index (κ2) is 6.85. The summed E-state index contributed by atoms with van der Waals surface area (Å²) in [4.78, 5) is 22.6. The van der Waals surface area contributed by atoms with Crippen LogP contribution in [-0.4, -0.2) is 10.8 Å². The van der Waals surface area contributed by atoms with Crippen LogP contribution in [0.3, 0.4) is 0 Å². The number of hydrogen-bond acceptors (Lipinski definition) is 3. The van der Waals surface area contributed by atoms with E-state index in [1.165, 1.54) is 18.2 Å². The zero-order chi connectivity index (χ0) is 16.1. The van der Waals surface area contributed by atoms with E-state index in [2.05, 4.69) is 19.2 Å². The molecule has 1 amide bonds. The quantitative estimate of drug-likeness (QED) is 0.658. The lowest BCUT2D eigenvalue weighted by molar-refractivity contribution is -0.384. The zero-order valence-corrected chi connectivity index (χ0v) is 12.6. The fourth-order valence-corrected chi connectivity index (χ4v) is 2.22. The standard InChI is InChI=1S/C17H18N2O3/c1-3-12(2)15-9-4-5-10-16(15)18-17(20)13-7-6-8-14(11-13)19(21)22/h4-12H,3H2,1-2H3,(H,18,20). The van der Waals surface area contributed by atoms with Crippen LogP contribution in [0, 0.1) is 10.1 Å². The van der Waals surface area contributed by atoms with Crippen LogP contribution in [-0.2, 0) is 0 Å². The van der Waals surface area contributed by atoms with Crippen molar-refractivity contribution in [2.24, 2.45) is 0 Å². The van der Waals surface area contributed by atoms with Crippen LogP contribution in [0.1, 0.15) is 42.1 Å². The summed E-state index contributed by atoms with van der Waals surface area (Å²) >= 11 is 0. The minimum Gasteiger partial charge on any atom is -0.322 e. The smallest absolute Gasteiger partial charge is 0.270 e. The minimum atomic E-state index is -0.510. The van der Waals surface area contributed by atoms with E-state index >= 15 is 0 Å². The summed E-state index contributed by atoms with van der Waals surface area (Å²) in [5, 5.41) is 13.6. The molecule has 0 spiro atoms. The Morgan fingerprint density at radius 3 is 2.64 bits per heavy atom. The molecule has 0 saturated heterocycles. The lowest BCUT2D eigenvalue weighted by Crippen LogP contribution is -2.14. The molecular formula is C17H18N2O3. The Morgan fingerprint density at radius 1 is 1.23 bits per heavy atom. The molecule has 1 N–H and O–H groups in total. The molecule has 0 saturated carbocycles. The maximum Gasteiger partial charge on any atom is 0.270 e. The minimum absolute atomic E-state index is 0.0946. The van der Waals surface area contributed by atoms with Gasteiger partial charge in [0.05, 0.1) is 4.92 Å². The van der Waals surface area contributed by atoms with E-state index in [4.69, 9.17) is 0 Å². The third-order valence-electron chi connectivity index (χ3n) is 3.67.